The topological polar surface area (TPSA) is 40.9 Å². The number of carbonyl (C=O) groups is 1. The molecule has 2 nitrogen and oxygen atoms in total. The van der Waals surface area contributed by atoms with E-state index in [0.29, 0.717) is 5.92 Å². The van der Waals surface area contributed by atoms with E-state index in [1.165, 1.54) is 36.0 Å². The zero-order chi connectivity index (χ0) is 16.1. The molecule has 5 aliphatic rings. The third-order valence-electron chi connectivity index (χ3n) is 6.76. The molecule has 5 rings (SSSR count). The largest absolute Gasteiger partial charge is 4.00 e. The Labute approximate surface area is 180 Å². The molecule has 0 aromatic carbocycles. The van der Waals surface area contributed by atoms with Crippen LogP contribution in [0.1, 0.15) is 66.2 Å². The van der Waals surface area contributed by atoms with E-state index in [0.717, 1.165) is 37.0 Å². The molecule has 0 radical (unpaired) electrons. The van der Waals surface area contributed by atoms with Crippen LogP contribution in [-0.4, -0.2) is 5.91 Å². The van der Waals surface area contributed by atoms with Gasteiger partial charge in [0.15, 0.2) is 0 Å². The summed E-state index contributed by atoms with van der Waals surface area (Å²) in [6, 6.07) is 0. The molecular formula is C20H29Cl2NOTi. The van der Waals surface area contributed by atoms with Gasteiger partial charge in [-0.3, -0.25) is 6.08 Å². The summed E-state index contributed by atoms with van der Waals surface area (Å²) in [5, 5.41) is 0. The summed E-state index contributed by atoms with van der Waals surface area (Å²) in [7, 11) is 0. The average molecular weight is 418 g/mol. The minimum absolute atomic E-state index is 0. The number of rotatable bonds is 1. The first-order valence-corrected chi connectivity index (χ1v) is 8.84. The Morgan fingerprint density at radius 3 is 1.60 bits per heavy atom. The van der Waals surface area contributed by atoms with Crippen LogP contribution in [0, 0.1) is 35.2 Å². The molecule has 5 aliphatic carbocycles. The van der Waals surface area contributed by atoms with E-state index in [4.69, 9.17) is 5.73 Å². The van der Waals surface area contributed by atoms with Crippen LogP contribution in [0.2, 0.25) is 0 Å². The van der Waals surface area contributed by atoms with E-state index in [1.807, 2.05) is 0 Å². The summed E-state index contributed by atoms with van der Waals surface area (Å²) in [4.78, 5) is 11.4. The summed E-state index contributed by atoms with van der Waals surface area (Å²) in [6.07, 6.45) is 10.5. The minimum atomic E-state index is -0.258. The molecule has 4 fully saturated rings. The molecule has 25 heavy (non-hydrogen) atoms. The SMILES string of the molecule is CC1=[C-]C(C)C(C)=C1C.[Cl-].[Cl-].[NH-]C(=O)C12CC3CC(CC(C3)C1)C2.[Ti+4]. The molecule has 0 saturated heterocycles. The second-order valence-corrected chi connectivity index (χ2v) is 8.33. The van der Waals surface area contributed by atoms with Gasteiger partial charge in [0.05, 0.1) is 5.91 Å². The van der Waals surface area contributed by atoms with E-state index in [9.17, 15) is 4.79 Å². The monoisotopic (exact) mass is 417 g/mol. The molecule has 4 saturated carbocycles. The van der Waals surface area contributed by atoms with Crippen molar-refractivity contribution in [2.24, 2.45) is 29.1 Å². The number of carbonyl (C=O) groups excluding carboxylic acids is 1. The summed E-state index contributed by atoms with van der Waals surface area (Å²) in [6.45, 7) is 8.67. The van der Waals surface area contributed by atoms with Crippen molar-refractivity contribution < 1.29 is 51.3 Å². The van der Waals surface area contributed by atoms with Gasteiger partial charge in [0.25, 0.3) is 0 Å². The minimum Gasteiger partial charge on any atom is -1.00 e. The Morgan fingerprint density at radius 1 is 1.00 bits per heavy atom. The fourth-order valence-electron chi connectivity index (χ4n) is 5.55. The number of hydrogen-bond donors (Lipinski definition) is 0. The van der Waals surface area contributed by atoms with Crippen molar-refractivity contribution in [2.75, 3.05) is 0 Å². The third kappa shape index (κ3) is 4.95. The van der Waals surface area contributed by atoms with Crippen LogP contribution in [0.25, 0.3) is 5.73 Å². The molecule has 1 amide bonds. The molecule has 0 spiro atoms. The van der Waals surface area contributed by atoms with Gasteiger partial charge in [-0.2, -0.15) is 11.1 Å². The molecule has 4 bridgehead atoms. The number of halogens is 2. The molecule has 0 aromatic heterocycles. The molecule has 1 unspecified atom stereocenters. The maximum Gasteiger partial charge on any atom is 4.00 e. The number of nitrogens with one attached hydrogen (secondary N) is 1. The van der Waals surface area contributed by atoms with Crippen molar-refractivity contribution in [3.63, 3.8) is 0 Å². The predicted octanol–water partition coefficient (Wildman–Crippen LogP) is -0.491. The maximum atomic E-state index is 11.4. The van der Waals surface area contributed by atoms with Gasteiger partial charge in [-0.05, 0) is 56.3 Å². The first-order chi connectivity index (χ1) is 10.3. The van der Waals surface area contributed by atoms with Crippen molar-refractivity contribution in [2.45, 2.75) is 66.2 Å². The van der Waals surface area contributed by atoms with Crippen LogP contribution in [0.3, 0.4) is 0 Å². The van der Waals surface area contributed by atoms with Crippen molar-refractivity contribution in [1.82, 2.24) is 0 Å². The number of amides is 1. The Hall–Kier alpha value is 0.244. The Bertz CT molecular complexity index is 521. The quantitative estimate of drug-likeness (QED) is 0.419. The first kappa shape index (κ1) is 25.2. The number of allylic oxidation sites excluding steroid dienone is 4. The third-order valence-corrected chi connectivity index (χ3v) is 6.76. The van der Waals surface area contributed by atoms with Crippen molar-refractivity contribution in [3.8, 4) is 0 Å². The smallest absolute Gasteiger partial charge is 1.00 e. The summed E-state index contributed by atoms with van der Waals surface area (Å²) < 4.78 is 0. The molecule has 1 N–H and O–H groups in total. The maximum absolute atomic E-state index is 11.4. The molecule has 0 aliphatic heterocycles. The van der Waals surface area contributed by atoms with Crippen LogP contribution in [-0.2, 0) is 26.5 Å². The van der Waals surface area contributed by atoms with E-state index >= 15 is 0 Å². The molecule has 1 atom stereocenters. The van der Waals surface area contributed by atoms with Gasteiger partial charge >= 0.3 is 21.7 Å². The van der Waals surface area contributed by atoms with Crippen LogP contribution in [0.5, 0.6) is 0 Å². The van der Waals surface area contributed by atoms with Crippen LogP contribution < -0.4 is 24.8 Å². The van der Waals surface area contributed by atoms with Crippen molar-refractivity contribution in [1.29, 1.82) is 0 Å². The van der Waals surface area contributed by atoms with E-state index in [-0.39, 0.29) is 57.9 Å². The van der Waals surface area contributed by atoms with Gasteiger partial charge in [-0.1, -0.05) is 26.7 Å². The Kier molecular flexibility index (Phi) is 9.54. The standard InChI is InChI=1S/C11H17NO.C9H13.2ClH.Ti/c12-10(13)11-4-7-1-8(5-11)3-9(2-7)6-11;1-6-5-7(2)9(4)8(6)3;;;/h7-9H,1-6H2,(H2,12,13);6H,1-4H3;2*1H;/q;-1;;;+4/p-3. The zero-order valence-corrected chi connectivity index (χ0v) is 18.8. The number of hydrogen-bond acceptors (Lipinski definition) is 1. The molecular weight excluding hydrogens is 389 g/mol. The normalized spacial score (nSPS) is 37.0. The van der Waals surface area contributed by atoms with Crippen molar-refractivity contribution in [3.05, 3.63) is 28.5 Å². The molecule has 138 valence electrons. The summed E-state index contributed by atoms with van der Waals surface area (Å²) in [5.41, 5.74) is 11.5. The van der Waals surface area contributed by atoms with Crippen LogP contribution in [0.15, 0.2) is 16.7 Å². The van der Waals surface area contributed by atoms with Gasteiger partial charge < -0.3 is 35.3 Å². The van der Waals surface area contributed by atoms with Gasteiger partial charge in [0.1, 0.15) is 0 Å². The summed E-state index contributed by atoms with van der Waals surface area (Å²) in [5.74, 6) is 2.68. The molecule has 0 heterocycles. The van der Waals surface area contributed by atoms with Gasteiger partial charge in [0.2, 0.25) is 0 Å². The second kappa shape index (κ2) is 9.44. The molecule has 0 aromatic rings. The molecule has 5 heteroatoms. The van der Waals surface area contributed by atoms with E-state index in [1.54, 1.807) is 0 Å². The predicted molar refractivity (Wildman–Crippen MR) is 89.9 cm³/mol. The second-order valence-electron chi connectivity index (χ2n) is 8.33. The zero-order valence-electron chi connectivity index (χ0n) is 15.7. The van der Waals surface area contributed by atoms with Gasteiger partial charge in [-0.25, -0.2) is 5.57 Å². The Morgan fingerprint density at radius 2 is 1.40 bits per heavy atom. The van der Waals surface area contributed by atoms with Gasteiger partial charge in [-0.15, -0.1) is 6.92 Å². The van der Waals surface area contributed by atoms with E-state index in [2.05, 4.69) is 33.8 Å². The fraction of sp³-hybridized carbons (Fsp3) is 0.750. The average Bonchev–Trinajstić information content (AvgIpc) is 2.64. The Balaban J connectivity index is 0.000000435. The fourth-order valence-corrected chi connectivity index (χ4v) is 5.55. The van der Waals surface area contributed by atoms with Crippen LogP contribution >= 0.6 is 0 Å². The summed E-state index contributed by atoms with van der Waals surface area (Å²) >= 11 is 0. The first-order valence-electron chi connectivity index (χ1n) is 8.84. The van der Waals surface area contributed by atoms with Gasteiger partial charge in [0, 0.05) is 5.41 Å². The van der Waals surface area contributed by atoms with E-state index < -0.39 is 0 Å². The van der Waals surface area contributed by atoms with Crippen molar-refractivity contribution >= 4 is 5.91 Å². The van der Waals surface area contributed by atoms with Crippen LogP contribution in [0.4, 0.5) is 0 Å².